The Morgan fingerprint density at radius 3 is 2.95 bits per heavy atom. The number of carbonyl (C=O) groups is 1. The molecule has 0 aliphatic heterocycles. The molecule has 0 aliphatic carbocycles. The lowest BCUT2D eigenvalue weighted by Gasteiger charge is -2.06. The van der Waals surface area contributed by atoms with Crippen molar-refractivity contribution in [1.29, 1.82) is 0 Å². The zero-order valence-electron chi connectivity index (χ0n) is 9.94. The van der Waals surface area contributed by atoms with Crippen molar-refractivity contribution in [3.8, 4) is 11.8 Å². The molecule has 0 spiro atoms. The standard InChI is InChI=1S/C14H11ClN2O2/c15-11-6-5-10(3-1-7-16)9-12(11)17-14(18)13-4-2-8-19-13/h2,4-6,8-9H,7,16H2,(H,17,18). The lowest BCUT2D eigenvalue weighted by molar-refractivity contribution is 0.0996. The van der Waals surface area contributed by atoms with Gasteiger partial charge in [-0.15, -0.1) is 0 Å². The minimum absolute atomic E-state index is 0.217. The first-order valence-electron chi connectivity index (χ1n) is 5.54. The van der Waals surface area contributed by atoms with Gasteiger partial charge in [-0.2, -0.15) is 0 Å². The van der Waals surface area contributed by atoms with E-state index in [0.29, 0.717) is 10.7 Å². The molecule has 0 bridgehead atoms. The first kappa shape index (κ1) is 13.2. The van der Waals surface area contributed by atoms with Gasteiger partial charge in [-0.3, -0.25) is 4.79 Å². The monoisotopic (exact) mass is 274 g/mol. The molecule has 2 rings (SSSR count). The predicted molar refractivity (Wildman–Crippen MR) is 74.0 cm³/mol. The van der Waals surface area contributed by atoms with Crippen LogP contribution >= 0.6 is 11.6 Å². The van der Waals surface area contributed by atoms with E-state index in [-0.39, 0.29) is 18.2 Å². The lowest BCUT2D eigenvalue weighted by Crippen LogP contribution is -2.11. The third kappa shape index (κ3) is 3.38. The van der Waals surface area contributed by atoms with E-state index < -0.39 is 0 Å². The van der Waals surface area contributed by atoms with Crippen molar-refractivity contribution < 1.29 is 9.21 Å². The van der Waals surface area contributed by atoms with Crippen LogP contribution in [0.3, 0.4) is 0 Å². The van der Waals surface area contributed by atoms with Crippen LogP contribution in [0.25, 0.3) is 0 Å². The Balaban J connectivity index is 2.22. The molecule has 3 N–H and O–H groups in total. The summed E-state index contributed by atoms with van der Waals surface area (Å²) in [6.45, 7) is 0.275. The third-order valence-corrected chi connectivity index (χ3v) is 2.62. The minimum Gasteiger partial charge on any atom is -0.459 e. The fraction of sp³-hybridized carbons (Fsp3) is 0.0714. The van der Waals surface area contributed by atoms with E-state index >= 15 is 0 Å². The van der Waals surface area contributed by atoms with Gasteiger partial charge in [0.15, 0.2) is 5.76 Å². The number of anilines is 1. The molecule has 0 aliphatic rings. The molecule has 0 saturated heterocycles. The summed E-state index contributed by atoms with van der Waals surface area (Å²) >= 11 is 6.02. The number of halogens is 1. The minimum atomic E-state index is -0.365. The van der Waals surface area contributed by atoms with Crippen LogP contribution in [0, 0.1) is 11.8 Å². The average molecular weight is 275 g/mol. The number of benzene rings is 1. The SMILES string of the molecule is NCC#Cc1ccc(Cl)c(NC(=O)c2ccco2)c1. The number of hydrogen-bond acceptors (Lipinski definition) is 3. The molecular weight excluding hydrogens is 264 g/mol. The summed E-state index contributed by atoms with van der Waals surface area (Å²) in [5, 5.41) is 3.09. The number of hydrogen-bond donors (Lipinski definition) is 2. The van der Waals surface area contributed by atoms with Crippen molar-refractivity contribution in [3.63, 3.8) is 0 Å². The summed E-state index contributed by atoms with van der Waals surface area (Å²) in [5.41, 5.74) is 6.51. The summed E-state index contributed by atoms with van der Waals surface area (Å²) in [6, 6.07) is 8.32. The maximum Gasteiger partial charge on any atom is 0.291 e. The summed E-state index contributed by atoms with van der Waals surface area (Å²) < 4.78 is 5.00. The molecule has 0 fully saturated rings. The average Bonchev–Trinajstić information content (AvgIpc) is 2.93. The van der Waals surface area contributed by atoms with Crippen LogP contribution in [0.1, 0.15) is 16.1 Å². The van der Waals surface area contributed by atoms with Gasteiger partial charge in [0, 0.05) is 5.56 Å². The van der Waals surface area contributed by atoms with Crippen molar-refractivity contribution in [1.82, 2.24) is 0 Å². The first-order valence-corrected chi connectivity index (χ1v) is 5.92. The van der Waals surface area contributed by atoms with Crippen molar-refractivity contribution in [3.05, 3.63) is 52.9 Å². The van der Waals surface area contributed by atoms with E-state index in [1.165, 1.54) is 6.26 Å². The Bertz CT molecular complexity index is 639. The van der Waals surface area contributed by atoms with Crippen LogP contribution < -0.4 is 11.1 Å². The Kier molecular flexibility index (Phi) is 4.24. The molecule has 5 heteroatoms. The molecular formula is C14H11ClN2O2. The van der Waals surface area contributed by atoms with Crippen molar-refractivity contribution in [2.75, 3.05) is 11.9 Å². The van der Waals surface area contributed by atoms with Gasteiger partial charge >= 0.3 is 0 Å². The van der Waals surface area contributed by atoms with Gasteiger partial charge in [-0.05, 0) is 30.3 Å². The first-order chi connectivity index (χ1) is 9.20. The maximum atomic E-state index is 11.8. The number of nitrogens with one attached hydrogen (secondary N) is 1. The summed E-state index contributed by atoms with van der Waals surface area (Å²) in [6.07, 6.45) is 1.43. The van der Waals surface area contributed by atoms with E-state index in [1.54, 1.807) is 30.3 Å². The van der Waals surface area contributed by atoms with Crippen LogP contribution in [0.4, 0.5) is 5.69 Å². The van der Waals surface area contributed by atoms with Crippen molar-refractivity contribution in [2.24, 2.45) is 5.73 Å². The number of nitrogens with two attached hydrogens (primary N) is 1. The topological polar surface area (TPSA) is 68.3 Å². The quantitative estimate of drug-likeness (QED) is 0.827. The predicted octanol–water partition coefficient (Wildman–Crippen LogP) is 2.50. The largest absolute Gasteiger partial charge is 0.459 e. The van der Waals surface area contributed by atoms with Crippen LogP contribution in [0.15, 0.2) is 41.0 Å². The molecule has 0 saturated carbocycles. The molecule has 1 heterocycles. The number of carbonyl (C=O) groups excluding carboxylic acids is 1. The molecule has 1 aromatic carbocycles. The van der Waals surface area contributed by atoms with Gasteiger partial charge in [0.25, 0.3) is 5.91 Å². The summed E-state index contributed by atoms with van der Waals surface area (Å²) in [5.74, 6) is 5.46. The Morgan fingerprint density at radius 1 is 1.42 bits per heavy atom. The van der Waals surface area contributed by atoms with E-state index in [0.717, 1.165) is 5.56 Å². The number of amides is 1. The molecule has 0 atom stereocenters. The smallest absolute Gasteiger partial charge is 0.291 e. The number of rotatable bonds is 2. The Labute approximate surface area is 115 Å². The molecule has 4 nitrogen and oxygen atoms in total. The second kappa shape index (κ2) is 6.10. The second-order valence-corrected chi connectivity index (χ2v) is 4.04. The highest BCUT2D eigenvalue weighted by molar-refractivity contribution is 6.33. The lowest BCUT2D eigenvalue weighted by atomic mass is 10.2. The Hall–Kier alpha value is -2.22. The van der Waals surface area contributed by atoms with Gasteiger partial charge < -0.3 is 15.5 Å². The zero-order chi connectivity index (χ0) is 13.7. The highest BCUT2D eigenvalue weighted by Crippen LogP contribution is 2.23. The molecule has 0 radical (unpaired) electrons. The van der Waals surface area contributed by atoms with Crippen LogP contribution in [0.5, 0.6) is 0 Å². The van der Waals surface area contributed by atoms with E-state index in [9.17, 15) is 4.79 Å². The fourth-order valence-electron chi connectivity index (χ4n) is 1.44. The van der Waals surface area contributed by atoms with E-state index in [4.69, 9.17) is 21.8 Å². The van der Waals surface area contributed by atoms with Crippen LogP contribution in [-0.2, 0) is 0 Å². The molecule has 1 amide bonds. The normalized spacial score (nSPS) is 9.58. The third-order valence-electron chi connectivity index (χ3n) is 2.29. The second-order valence-electron chi connectivity index (χ2n) is 3.63. The molecule has 2 aromatic rings. The highest BCUT2D eigenvalue weighted by Gasteiger charge is 2.10. The van der Waals surface area contributed by atoms with Crippen LogP contribution in [-0.4, -0.2) is 12.5 Å². The van der Waals surface area contributed by atoms with Gasteiger partial charge in [-0.25, -0.2) is 0 Å². The van der Waals surface area contributed by atoms with E-state index in [1.807, 2.05) is 0 Å². The van der Waals surface area contributed by atoms with Gasteiger partial charge in [0.1, 0.15) is 0 Å². The molecule has 96 valence electrons. The van der Waals surface area contributed by atoms with Crippen molar-refractivity contribution in [2.45, 2.75) is 0 Å². The maximum absolute atomic E-state index is 11.8. The van der Waals surface area contributed by atoms with Gasteiger partial charge in [0.2, 0.25) is 0 Å². The molecule has 0 unspecified atom stereocenters. The van der Waals surface area contributed by atoms with E-state index in [2.05, 4.69) is 17.2 Å². The number of furan rings is 1. The summed E-state index contributed by atoms with van der Waals surface area (Å²) in [7, 11) is 0. The highest BCUT2D eigenvalue weighted by atomic mass is 35.5. The Morgan fingerprint density at radius 2 is 2.26 bits per heavy atom. The fourth-order valence-corrected chi connectivity index (χ4v) is 1.61. The van der Waals surface area contributed by atoms with Crippen LogP contribution in [0.2, 0.25) is 5.02 Å². The summed E-state index contributed by atoms with van der Waals surface area (Å²) in [4.78, 5) is 11.8. The van der Waals surface area contributed by atoms with Gasteiger partial charge in [0.05, 0.1) is 23.5 Å². The molecule has 19 heavy (non-hydrogen) atoms. The van der Waals surface area contributed by atoms with Gasteiger partial charge in [-0.1, -0.05) is 23.4 Å². The zero-order valence-corrected chi connectivity index (χ0v) is 10.7. The molecule has 1 aromatic heterocycles. The van der Waals surface area contributed by atoms with Crippen molar-refractivity contribution >= 4 is 23.2 Å².